The summed E-state index contributed by atoms with van der Waals surface area (Å²) in [6.07, 6.45) is -5.15. The second-order valence-corrected chi connectivity index (χ2v) is 4.19. The maximum Gasteiger partial charge on any atom is 0.407 e. The maximum atomic E-state index is 12.5. The molecule has 114 valence electrons. The number of hydrogen-bond donors (Lipinski definition) is 1. The van der Waals surface area contributed by atoms with Crippen molar-refractivity contribution in [1.82, 2.24) is 5.32 Å². The summed E-state index contributed by atoms with van der Waals surface area (Å²) in [5.41, 5.74) is -1.01. The van der Waals surface area contributed by atoms with Gasteiger partial charge in [0.15, 0.2) is 6.61 Å². The molecular formula is C10H17F4NO4. The number of carbonyl (C=O) groups excluding carboxylic acids is 1. The Labute approximate surface area is 108 Å². The average molecular weight is 291 g/mol. The SMILES string of the molecule is COCC(C)(COC)NC(=O)OCC(F)(F)C(F)F. The topological polar surface area (TPSA) is 56.8 Å². The van der Waals surface area contributed by atoms with Crippen LogP contribution in [0.15, 0.2) is 0 Å². The van der Waals surface area contributed by atoms with E-state index in [1.807, 2.05) is 0 Å². The Bertz CT molecular complexity index is 283. The first-order valence-corrected chi connectivity index (χ1v) is 5.25. The predicted octanol–water partition coefficient (Wildman–Crippen LogP) is 1.66. The lowest BCUT2D eigenvalue weighted by Gasteiger charge is -2.29. The molecule has 0 unspecified atom stereocenters. The maximum absolute atomic E-state index is 12.5. The van der Waals surface area contributed by atoms with Crippen LogP contribution in [0.5, 0.6) is 0 Å². The molecule has 0 bridgehead atoms. The van der Waals surface area contributed by atoms with Crippen LogP contribution >= 0.6 is 0 Å². The Morgan fingerprint density at radius 3 is 2.00 bits per heavy atom. The molecule has 0 aliphatic carbocycles. The molecule has 1 N–H and O–H groups in total. The molecule has 19 heavy (non-hydrogen) atoms. The van der Waals surface area contributed by atoms with Crippen LogP contribution in [-0.2, 0) is 14.2 Å². The minimum Gasteiger partial charge on any atom is -0.443 e. The molecule has 0 saturated carbocycles. The van der Waals surface area contributed by atoms with Crippen molar-refractivity contribution in [2.75, 3.05) is 34.0 Å². The van der Waals surface area contributed by atoms with Crippen LogP contribution in [0.4, 0.5) is 22.4 Å². The van der Waals surface area contributed by atoms with Crippen LogP contribution < -0.4 is 5.32 Å². The number of carbonyl (C=O) groups is 1. The summed E-state index contributed by atoms with van der Waals surface area (Å²) in [4.78, 5) is 11.3. The van der Waals surface area contributed by atoms with Crippen LogP contribution in [0.3, 0.4) is 0 Å². The number of nitrogens with one attached hydrogen (secondary N) is 1. The van der Waals surface area contributed by atoms with Crippen LogP contribution in [0.2, 0.25) is 0 Å². The van der Waals surface area contributed by atoms with Crippen molar-refractivity contribution in [1.29, 1.82) is 0 Å². The van der Waals surface area contributed by atoms with Crippen LogP contribution in [0.1, 0.15) is 6.92 Å². The first-order valence-electron chi connectivity index (χ1n) is 5.25. The lowest BCUT2D eigenvalue weighted by Crippen LogP contribution is -2.53. The first kappa shape index (κ1) is 17.9. The minimum atomic E-state index is -4.38. The van der Waals surface area contributed by atoms with E-state index in [1.165, 1.54) is 21.1 Å². The van der Waals surface area contributed by atoms with E-state index in [1.54, 1.807) is 0 Å². The monoisotopic (exact) mass is 291 g/mol. The smallest absolute Gasteiger partial charge is 0.407 e. The molecule has 0 rings (SSSR count). The van der Waals surface area contributed by atoms with Gasteiger partial charge in [-0.2, -0.15) is 8.78 Å². The zero-order chi connectivity index (χ0) is 15.1. The Morgan fingerprint density at radius 2 is 1.63 bits per heavy atom. The van der Waals surface area contributed by atoms with Crippen molar-refractivity contribution < 1.29 is 36.6 Å². The highest BCUT2D eigenvalue weighted by atomic mass is 19.3. The van der Waals surface area contributed by atoms with E-state index in [0.717, 1.165) is 0 Å². The first-order chi connectivity index (χ1) is 8.67. The van der Waals surface area contributed by atoms with E-state index in [2.05, 4.69) is 10.1 Å². The van der Waals surface area contributed by atoms with Crippen molar-refractivity contribution >= 4 is 6.09 Å². The van der Waals surface area contributed by atoms with Crippen molar-refractivity contribution in [3.63, 3.8) is 0 Å². The summed E-state index contributed by atoms with van der Waals surface area (Å²) in [7, 11) is 2.73. The molecule has 0 aliphatic rings. The highest BCUT2D eigenvalue weighted by Crippen LogP contribution is 2.22. The fourth-order valence-electron chi connectivity index (χ4n) is 1.26. The largest absolute Gasteiger partial charge is 0.443 e. The number of alkyl carbamates (subject to hydrolysis) is 1. The quantitative estimate of drug-likeness (QED) is 0.691. The van der Waals surface area contributed by atoms with Gasteiger partial charge in [0, 0.05) is 14.2 Å². The van der Waals surface area contributed by atoms with E-state index in [4.69, 9.17) is 9.47 Å². The van der Waals surface area contributed by atoms with Gasteiger partial charge >= 0.3 is 18.4 Å². The van der Waals surface area contributed by atoms with Gasteiger partial charge in [0.1, 0.15) is 0 Å². The zero-order valence-electron chi connectivity index (χ0n) is 10.8. The summed E-state index contributed by atoms with van der Waals surface area (Å²) in [6.45, 7) is -0.124. The molecule has 0 aromatic carbocycles. The Morgan fingerprint density at radius 1 is 1.16 bits per heavy atom. The molecule has 0 saturated heterocycles. The van der Waals surface area contributed by atoms with Crippen molar-refractivity contribution in [2.24, 2.45) is 0 Å². The van der Waals surface area contributed by atoms with Crippen LogP contribution in [0.25, 0.3) is 0 Å². The van der Waals surface area contributed by atoms with Crippen molar-refractivity contribution in [3.05, 3.63) is 0 Å². The molecule has 5 nitrogen and oxygen atoms in total. The average Bonchev–Trinajstić information content (AvgIpc) is 2.26. The van der Waals surface area contributed by atoms with Gasteiger partial charge in [0.25, 0.3) is 0 Å². The molecule has 0 aliphatic heterocycles. The molecule has 0 atom stereocenters. The highest BCUT2D eigenvalue weighted by molar-refractivity contribution is 5.68. The molecular weight excluding hydrogens is 274 g/mol. The summed E-state index contributed by atoms with van der Waals surface area (Å²) in [5, 5.41) is 2.22. The summed E-state index contributed by atoms with van der Waals surface area (Å²) in [6, 6.07) is 0. The molecule has 9 heteroatoms. The number of hydrogen-bond acceptors (Lipinski definition) is 4. The number of ether oxygens (including phenoxy) is 3. The molecule has 0 radical (unpaired) electrons. The molecule has 1 amide bonds. The molecule has 0 fully saturated rings. The lowest BCUT2D eigenvalue weighted by atomic mass is 10.1. The Hall–Kier alpha value is -1.09. The Kier molecular flexibility index (Phi) is 7.06. The third-order valence-electron chi connectivity index (χ3n) is 2.04. The second-order valence-electron chi connectivity index (χ2n) is 4.19. The number of halogens is 4. The number of amides is 1. The fourth-order valence-corrected chi connectivity index (χ4v) is 1.26. The zero-order valence-corrected chi connectivity index (χ0v) is 10.8. The third-order valence-corrected chi connectivity index (χ3v) is 2.04. The molecule has 0 spiro atoms. The van der Waals surface area contributed by atoms with Gasteiger partial charge in [0.2, 0.25) is 0 Å². The number of methoxy groups -OCH3 is 2. The Balaban J connectivity index is 4.35. The second kappa shape index (κ2) is 7.49. The summed E-state index contributed by atoms with van der Waals surface area (Å²) >= 11 is 0. The minimum absolute atomic E-state index is 0.0289. The molecule has 0 aromatic rings. The molecule has 0 heterocycles. The highest BCUT2D eigenvalue weighted by Gasteiger charge is 2.42. The van der Waals surface area contributed by atoms with E-state index in [-0.39, 0.29) is 13.2 Å². The standard InChI is InChI=1S/C10H17F4NO4/c1-9(4-17-2,5-18-3)15-8(16)19-6-10(13,14)7(11)12/h7H,4-6H2,1-3H3,(H,15,16). The van der Waals surface area contributed by atoms with Crippen molar-refractivity contribution in [3.8, 4) is 0 Å². The van der Waals surface area contributed by atoms with Gasteiger partial charge in [-0.3, -0.25) is 0 Å². The van der Waals surface area contributed by atoms with Gasteiger partial charge < -0.3 is 19.5 Å². The number of alkyl halides is 4. The van der Waals surface area contributed by atoms with Gasteiger partial charge in [-0.15, -0.1) is 0 Å². The normalized spacial score (nSPS) is 12.6. The van der Waals surface area contributed by atoms with Crippen molar-refractivity contribution in [2.45, 2.75) is 24.8 Å². The van der Waals surface area contributed by atoms with E-state index >= 15 is 0 Å². The van der Waals surface area contributed by atoms with Gasteiger partial charge in [0.05, 0.1) is 18.8 Å². The van der Waals surface area contributed by atoms with Gasteiger partial charge in [-0.05, 0) is 6.92 Å². The number of rotatable bonds is 8. The summed E-state index contributed by atoms with van der Waals surface area (Å²) < 4.78 is 62.5. The van der Waals surface area contributed by atoms with E-state index in [0.29, 0.717) is 0 Å². The fraction of sp³-hybridized carbons (Fsp3) is 0.900. The predicted molar refractivity (Wildman–Crippen MR) is 57.6 cm³/mol. The van der Waals surface area contributed by atoms with Crippen LogP contribution in [-0.4, -0.2) is 58.0 Å². The van der Waals surface area contributed by atoms with Gasteiger partial charge in [-0.25, -0.2) is 13.6 Å². The lowest BCUT2D eigenvalue weighted by molar-refractivity contribution is -0.154. The molecule has 0 aromatic heterocycles. The third kappa shape index (κ3) is 6.58. The van der Waals surface area contributed by atoms with E-state index < -0.39 is 30.6 Å². The van der Waals surface area contributed by atoms with E-state index in [9.17, 15) is 22.4 Å². The van der Waals surface area contributed by atoms with Crippen LogP contribution in [0, 0.1) is 0 Å². The summed E-state index contributed by atoms with van der Waals surface area (Å²) in [5.74, 6) is -4.38. The van der Waals surface area contributed by atoms with Gasteiger partial charge in [-0.1, -0.05) is 0 Å².